The van der Waals surface area contributed by atoms with Gasteiger partial charge in [0.1, 0.15) is 0 Å². The van der Waals surface area contributed by atoms with Crippen molar-refractivity contribution >= 4 is 11.5 Å². The van der Waals surface area contributed by atoms with Crippen LogP contribution < -0.4 is 5.73 Å². The van der Waals surface area contributed by atoms with Crippen LogP contribution in [-0.4, -0.2) is 37.0 Å². The highest BCUT2D eigenvalue weighted by atomic mass is 16.1. The molecule has 0 saturated heterocycles. The van der Waals surface area contributed by atoms with Crippen LogP contribution >= 0.6 is 0 Å². The van der Waals surface area contributed by atoms with E-state index in [4.69, 9.17) is 5.73 Å². The van der Waals surface area contributed by atoms with Gasteiger partial charge in [0.25, 0.3) is 0 Å². The summed E-state index contributed by atoms with van der Waals surface area (Å²) in [6.45, 7) is 6.74. The maximum Gasteiger partial charge on any atom is 0.194 e. The molecule has 106 valence electrons. The fourth-order valence-corrected chi connectivity index (χ4v) is 2.25. The zero-order valence-electron chi connectivity index (χ0n) is 12.7. The summed E-state index contributed by atoms with van der Waals surface area (Å²) >= 11 is 0. The van der Waals surface area contributed by atoms with Crippen molar-refractivity contribution in [2.45, 2.75) is 33.6 Å². The molecule has 0 heterocycles. The van der Waals surface area contributed by atoms with Gasteiger partial charge in [-0.1, -0.05) is 13.8 Å². The van der Waals surface area contributed by atoms with Gasteiger partial charge in [-0.25, -0.2) is 0 Å². The Morgan fingerprint density at radius 2 is 2.05 bits per heavy atom. The highest BCUT2D eigenvalue weighted by Gasteiger charge is 2.28. The second-order valence-corrected chi connectivity index (χ2v) is 5.36. The average Bonchev–Trinajstić information content (AvgIpc) is 2.31. The number of ketones is 1. The van der Waals surface area contributed by atoms with Crippen LogP contribution in [0.5, 0.6) is 0 Å². The Morgan fingerprint density at radius 1 is 1.42 bits per heavy atom. The fraction of sp³-hybridized carbons (Fsp3) is 0.600. The molecule has 1 rings (SSSR count). The van der Waals surface area contributed by atoms with E-state index in [9.17, 15) is 4.79 Å². The molecular weight excluding hydrogens is 238 g/mol. The highest BCUT2D eigenvalue weighted by molar-refractivity contribution is 6.29. The molecule has 1 aliphatic carbocycles. The molecule has 0 aromatic carbocycles. The maximum absolute atomic E-state index is 12.6. The Hall–Kier alpha value is -1.58. The summed E-state index contributed by atoms with van der Waals surface area (Å²) in [5.41, 5.74) is 9.05. The molecule has 0 spiro atoms. The van der Waals surface area contributed by atoms with E-state index in [1.54, 1.807) is 0 Å². The standard InChI is InChI=1S/C15H25N3O/c1-6-17-14(10(2)3)13-12(16)8-7-11(15(13)19)9-18(4)5/h9-10H,6-8,16H2,1-5H3/b11-9+,17-14?. The largest absolute Gasteiger partial charge is 0.401 e. The van der Waals surface area contributed by atoms with Crippen LogP contribution in [0, 0.1) is 5.92 Å². The molecule has 0 saturated carbocycles. The Kier molecular flexibility index (Phi) is 5.33. The molecule has 0 aromatic rings. The lowest BCUT2D eigenvalue weighted by molar-refractivity contribution is -0.112. The summed E-state index contributed by atoms with van der Waals surface area (Å²) in [7, 11) is 3.84. The molecule has 0 unspecified atom stereocenters. The zero-order chi connectivity index (χ0) is 14.6. The molecule has 4 heteroatoms. The lowest BCUT2D eigenvalue weighted by atomic mass is 9.85. The van der Waals surface area contributed by atoms with Gasteiger partial charge in [0.2, 0.25) is 0 Å². The van der Waals surface area contributed by atoms with Crippen LogP contribution in [0.4, 0.5) is 0 Å². The average molecular weight is 263 g/mol. The third-order valence-corrected chi connectivity index (χ3v) is 3.05. The minimum atomic E-state index is 0.0401. The van der Waals surface area contributed by atoms with E-state index in [2.05, 4.69) is 4.99 Å². The lowest BCUT2D eigenvalue weighted by Crippen LogP contribution is -2.28. The number of carbonyl (C=O) groups is 1. The highest BCUT2D eigenvalue weighted by Crippen LogP contribution is 2.26. The van der Waals surface area contributed by atoms with Crippen molar-refractivity contribution in [2.24, 2.45) is 16.6 Å². The number of aliphatic imine (C=N–C) groups is 1. The first kappa shape index (κ1) is 15.5. The molecule has 0 amide bonds. The van der Waals surface area contributed by atoms with E-state index in [1.165, 1.54) is 0 Å². The number of Topliss-reactive ketones (excluding diaryl/α,β-unsaturated/α-hetero) is 1. The predicted octanol–water partition coefficient (Wildman–Crippen LogP) is 2.12. The van der Waals surface area contributed by atoms with Crippen molar-refractivity contribution in [1.29, 1.82) is 0 Å². The maximum atomic E-state index is 12.6. The van der Waals surface area contributed by atoms with E-state index < -0.39 is 0 Å². The number of hydrogen-bond acceptors (Lipinski definition) is 4. The van der Waals surface area contributed by atoms with Gasteiger partial charge in [-0.3, -0.25) is 9.79 Å². The first-order valence-electron chi connectivity index (χ1n) is 6.83. The minimum absolute atomic E-state index is 0.0401. The normalized spacial score (nSPS) is 19.6. The Morgan fingerprint density at radius 3 is 2.53 bits per heavy atom. The summed E-state index contributed by atoms with van der Waals surface area (Å²) in [5, 5.41) is 0. The number of nitrogens with zero attached hydrogens (tertiary/aromatic N) is 2. The number of nitrogens with two attached hydrogens (primary N) is 1. The van der Waals surface area contributed by atoms with Crippen molar-refractivity contribution in [3.63, 3.8) is 0 Å². The molecule has 0 aromatic heterocycles. The van der Waals surface area contributed by atoms with Gasteiger partial charge >= 0.3 is 0 Å². The third kappa shape index (κ3) is 3.69. The van der Waals surface area contributed by atoms with Crippen LogP contribution in [0.15, 0.2) is 28.0 Å². The molecular formula is C15H25N3O. The van der Waals surface area contributed by atoms with Crippen molar-refractivity contribution < 1.29 is 4.79 Å². The summed E-state index contributed by atoms with van der Waals surface area (Å²) in [5.74, 6) is 0.245. The van der Waals surface area contributed by atoms with Gasteiger partial charge < -0.3 is 10.6 Å². The van der Waals surface area contributed by atoms with Crippen LogP contribution in [0.3, 0.4) is 0 Å². The van der Waals surface area contributed by atoms with E-state index in [1.807, 2.05) is 46.0 Å². The molecule has 19 heavy (non-hydrogen) atoms. The third-order valence-electron chi connectivity index (χ3n) is 3.05. The second kappa shape index (κ2) is 6.55. The van der Waals surface area contributed by atoms with Gasteiger partial charge in [0.15, 0.2) is 5.78 Å². The van der Waals surface area contributed by atoms with E-state index in [0.717, 1.165) is 17.7 Å². The Balaban J connectivity index is 3.23. The summed E-state index contributed by atoms with van der Waals surface area (Å²) in [6.07, 6.45) is 3.33. The van der Waals surface area contributed by atoms with Gasteiger partial charge in [-0.15, -0.1) is 0 Å². The molecule has 2 N–H and O–H groups in total. The van der Waals surface area contributed by atoms with Gasteiger partial charge in [-0.05, 0) is 25.7 Å². The van der Waals surface area contributed by atoms with Gasteiger partial charge in [0.05, 0.1) is 11.3 Å². The molecule has 4 nitrogen and oxygen atoms in total. The first-order chi connectivity index (χ1) is 8.88. The van der Waals surface area contributed by atoms with Crippen LogP contribution in [0.25, 0.3) is 0 Å². The van der Waals surface area contributed by atoms with Crippen LogP contribution in [-0.2, 0) is 4.79 Å². The molecule has 0 atom stereocenters. The van der Waals surface area contributed by atoms with Gasteiger partial charge in [-0.2, -0.15) is 0 Å². The topological polar surface area (TPSA) is 58.7 Å². The molecule has 1 aliphatic rings. The SMILES string of the molecule is CCN=C(C1=C(N)CC/C(=C\N(C)C)C1=O)C(C)C. The summed E-state index contributed by atoms with van der Waals surface area (Å²) in [4.78, 5) is 19.0. The van der Waals surface area contributed by atoms with Crippen molar-refractivity contribution in [1.82, 2.24) is 4.90 Å². The van der Waals surface area contributed by atoms with Crippen LogP contribution in [0.1, 0.15) is 33.6 Å². The fourth-order valence-electron chi connectivity index (χ4n) is 2.25. The number of hydrogen-bond donors (Lipinski definition) is 1. The van der Waals surface area contributed by atoms with Crippen molar-refractivity contribution in [2.75, 3.05) is 20.6 Å². The second-order valence-electron chi connectivity index (χ2n) is 5.36. The minimum Gasteiger partial charge on any atom is -0.401 e. The summed E-state index contributed by atoms with van der Waals surface area (Å²) in [6, 6.07) is 0. The Labute approximate surface area is 116 Å². The van der Waals surface area contributed by atoms with Crippen molar-refractivity contribution in [3.05, 3.63) is 23.0 Å². The van der Waals surface area contributed by atoms with Crippen molar-refractivity contribution in [3.8, 4) is 0 Å². The number of allylic oxidation sites excluding steroid dienone is 3. The quantitative estimate of drug-likeness (QED) is 0.624. The monoisotopic (exact) mass is 263 g/mol. The zero-order valence-corrected chi connectivity index (χ0v) is 12.7. The molecule has 0 fully saturated rings. The van der Waals surface area contributed by atoms with Crippen LogP contribution in [0.2, 0.25) is 0 Å². The smallest absolute Gasteiger partial charge is 0.194 e. The molecule has 0 radical (unpaired) electrons. The number of carbonyl (C=O) groups excluding carboxylic acids is 1. The lowest BCUT2D eigenvalue weighted by Gasteiger charge is -2.23. The Bertz CT molecular complexity index is 442. The predicted molar refractivity (Wildman–Crippen MR) is 80.0 cm³/mol. The first-order valence-corrected chi connectivity index (χ1v) is 6.83. The van der Waals surface area contributed by atoms with Gasteiger partial charge in [0, 0.05) is 38.1 Å². The number of rotatable bonds is 4. The molecule has 0 bridgehead atoms. The van der Waals surface area contributed by atoms with E-state index >= 15 is 0 Å². The molecule has 0 aliphatic heterocycles. The van der Waals surface area contributed by atoms with E-state index in [0.29, 0.717) is 24.2 Å². The van der Waals surface area contributed by atoms with E-state index in [-0.39, 0.29) is 11.7 Å². The summed E-state index contributed by atoms with van der Waals surface area (Å²) < 4.78 is 0.